The summed E-state index contributed by atoms with van der Waals surface area (Å²) in [5.41, 5.74) is 0. The molecule has 0 fully saturated rings. The lowest BCUT2D eigenvalue weighted by Crippen LogP contribution is -2.30. The van der Waals surface area contributed by atoms with Crippen molar-refractivity contribution in [2.45, 2.75) is 0 Å². The van der Waals surface area contributed by atoms with E-state index in [0.717, 1.165) is 0 Å². The van der Waals surface area contributed by atoms with Gasteiger partial charge in [0.2, 0.25) is 0 Å². The summed E-state index contributed by atoms with van der Waals surface area (Å²) in [5, 5.41) is 2.40. The van der Waals surface area contributed by atoms with Gasteiger partial charge in [0.15, 0.2) is 0 Å². The summed E-state index contributed by atoms with van der Waals surface area (Å²) in [4.78, 5) is 11.9. The molecule has 0 rings (SSSR count). The Labute approximate surface area is 49.0 Å². The summed E-state index contributed by atoms with van der Waals surface area (Å²) >= 11 is 0. The number of carbonyl (C=O) groups is 1. The molecule has 1 N–H and O–H groups in total. The van der Waals surface area contributed by atoms with Crippen LogP contribution in [0.25, 0.3) is 0 Å². The van der Waals surface area contributed by atoms with Crippen LogP contribution >= 0.6 is 0 Å². The highest BCUT2D eigenvalue weighted by molar-refractivity contribution is 5.74. The molecular weight excluding hydrogens is 104 g/mol. The van der Waals surface area contributed by atoms with E-state index < -0.39 is 0 Å². The molecule has 3 heteroatoms. The molecule has 2 amide bonds. The molecule has 0 spiro atoms. The third-order valence-corrected chi connectivity index (χ3v) is 0.632. The molecule has 0 saturated carbocycles. The Hall–Kier alpha value is -0.990. The van der Waals surface area contributed by atoms with E-state index in [1.54, 1.807) is 14.1 Å². The van der Waals surface area contributed by atoms with Crippen molar-refractivity contribution < 1.29 is 4.79 Å². The standard InChI is InChI=1S/C5H10N2O/c1-4-6-5(8)7(2)3/h4H,1H2,2-3H3,(H,6,8). The van der Waals surface area contributed by atoms with Crippen LogP contribution in [0.3, 0.4) is 0 Å². The third-order valence-electron chi connectivity index (χ3n) is 0.632. The van der Waals surface area contributed by atoms with Crippen molar-refractivity contribution in [1.82, 2.24) is 10.2 Å². The van der Waals surface area contributed by atoms with Crippen LogP contribution in [0.4, 0.5) is 4.79 Å². The number of carbonyl (C=O) groups excluding carboxylic acids is 1. The van der Waals surface area contributed by atoms with E-state index in [0.29, 0.717) is 0 Å². The molecule has 0 bridgehead atoms. The minimum absolute atomic E-state index is 0.153. The smallest absolute Gasteiger partial charge is 0.320 e. The molecule has 0 aromatic heterocycles. The van der Waals surface area contributed by atoms with E-state index >= 15 is 0 Å². The highest BCUT2D eigenvalue weighted by Gasteiger charge is 1.95. The Kier molecular flexibility index (Phi) is 2.69. The zero-order chi connectivity index (χ0) is 6.57. The molecule has 3 nitrogen and oxygen atoms in total. The van der Waals surface area contributed by atoms with Crippen LogP contribution in [0.2, 0.25) is 0 Å². The zero-order valence-electron chi connectivity index (χ0n) is 5.14. The monoisotopic (exact) mass is 114 g/mol. The summed E-state index contributed by atoms with van der Waals surface area (Å²) < 4.78 is 0. The maximum absolute atomic E-state index is 10.5. The van der Waals surface area contributed by atoms with Gasteiger partial charge >= 0.3 is 6.03 Å². The summed E-state index contributed by atoms with van der Waals surface area (Å²) in [5.74, 6) is 0. The van der Waals surface area contributed by atoms with Crippen molar-refractivity contribution in [3.8, 4) is 0 Å². The Morgan fingerprint density at radius 1 is 1.75 bits per heavy atom. The number of hydrogen-bond donors (Lipinski definition) is 1. The second kappa shape index (κ2) is 3.07. The lowest BCUT2D eigenvalue weighted by molar-refractivity contribution is 0.221. The largest absolute Gasteiger partial charge is 0.331 e. The highest BCUT2D eigenvalue weighted by Crippen LogP contribution is 1.73. The predicted molar refractivity (Wildman–Crippen MR) is 32.4 cm³/mol. The van der Waals surface area contributed by atoms with Gasteiger partial charge in [-0.25, -0.2) is 4.79 Å². The van der Waals surface area contributed by atoms with Gasteiger partial charge in [0.05, 0.1) is 0 Å². The first-order valence-corrected chi connectivity index (χ1v) is 2.27. The van der Waals surface area contributed by atoms with Crippen LogP contribution in [0.5, 0.6) is 0 Å². The van der Waals surface area contributed by atoms with Gasteiger partial charge in [0.25, 0.3) is 0 Å². The van der Waals surface area contributed by atoms with Gasteiger partial charge in [0, 0.05) is 14.1 Å². The molecule has 8 heavy (non-hydrogen) atoms. The Bertz CT molecular complexity index is 98.6. The van der Waals surface area contributed by atoms with Gasteiger partial charge in [-0.15, -0.1) is 0 Å². The molecule has 0 radical (unpaired) electrons. The summed E-state index contributed by atoms with van der Waals surface area (Å²) in [7, 11) is 3.33. The number of amides is 2. The molecular formula is C5H10N2O. The van der Waals surface area contributed by atoms with Gasteiger partial charge in [-0.3, -0.25) is 0 Å². The van der Waals surface area contributed by atoms with Crippen LogP contribution < -0.4 is 5.32 Å². The van der Waals surface area contributed by atoms with E-state index in [4.69, 9.17) is 0 Å². The first kappa shape index (κ1) is 7.01. The van der Waals surface area contributed by atoms with Gasteiger partial charge in [-0.2, -0.15) is 0 Å². The Morgan fingerprint density at radius 2 is 2.25 bits per heavy atom. The number of rotatable bonds is 1. The third kappa shape index (κ3) is 2.23. The first-order chi connectivity index (χ1) is 3.68. The second-order valence-electron chi connectivity index (χ2n) is 1.55. The van der Waals surface area contributed by atoms with E-state index in [-0.39, 0.29) is 6.03 Å². The fraction of sp³-hybridized carbons (Fsp3) is 0.400. The fourth-order valence-electron chi connectivity index (χ4n) is 0.216. The molecule has 0 unspecified atom stereocenters. The molecule has 0 aromatic rings. The van der Waals surface area contributed by atoms with E-state index in [9.17, 15) is 4.79 Å². The number of urea groups is 1. The average molecular weight is 114 g/mol. The van der Waals surface area contributed by atoms with Crippen molar-refractivity contribution in [2.75, 3.05) is 14.1 Å². The number of nitrogens with one attached hydrogen (secondary N) is 1. The Balaban J connectivity index is 3.48. The molecule has 0 saturated heterocycles. The summed E-state index contributed by atoms with van der Waals surface area (Å²) in [6.07, 6.45) is 1.35. The van der Waals surface area contributed by atoms with E-state index in [1.807, 2.05) is 0 Å². The van der Waals surface area contributed by atoms with Crippen molar-refractivity contribution in [2.24, 2.45) is 0 Å². The van der Waals surface area contributed by atoms with E-state index in [2.05, 4.69) is 11.9 Å². The quantitative estimate of drug-likeness (QED) is 0.525. The van der Waals surface area contributed by atoms with Crippen molar-refractivity contribution >= 4 is 6.03 Å². The second-order valence-corrected chi connectivity index (χ2v) is 1.55. The lowest BCUT2D eigenvalue weighted by Gasteiger charge is -2.07. The zero-order valence-corrected chi connectivity index (χ0v) is 5.14. The van der Waals surface area contributed by atoms with Crippen LogP contribution in [0.15, 0.2) is 12.8 Å². The summed E-state index contributed by atoms with van der Waals surface area (Å²) in [6, 6.07) is -0.153. The van der Waals surface area contributed by atoms with Crippen molar-refractivity contribution in [1.29, 1.82) is 0 Å². The van der Waals surface area contributed by atoms with Crippen LogP contribution in [0, 0.1) is 0 Å². The molecule has 0 aromatic carbocycles. The number of nitrogens with zero attached hydrogens (tertiary/aromatic N) is 1. The van der Waals surface area contributed by atoms with Crippen molar-refractivity contribution in [3.63, 3.8) is 0 Å². The van der Waals surface area contributed by atoms with Gasteiger partial charge in [-0.1, -0.05) is 6.58 Å². The van der Waals surface area contributed by atoms with Gasteiger partial charge < -0.3 is 10.2 Å². The molecule has 0 aliphatic rings. The van der Waals surface area contributed by atoms with Crippen molar-refractivity contribution in [3.05, 3.63) is 12.8 Å². The summed E-state index contributed by atoms with van der Waals surface area (Å²) in [6.45, 7) is 3.32. The maximum atomic E-state index is 10.5. The molecule has 0 heterocycles. The Morgan fingerprint density at radius 3 is 2.38 bits per heavy atom. The van der Waals surface area contributed by atoms with Crippen LogP contribution in [-0.4, -0.2) is 25.0 Å². The fourth-order valence-corrected chi connectivity index (χ4v) is 0.216. The molecule has 0 aliphatic carbocycles. The molecule has 0 atom stereocenters. The van der Waals surface area contributed by atoms with Gasteiger partial charge in [0.1, 0.15) is 0 Å². The van der Waals surface area contributed by atoms with Crippen LogP contribution in [0.1, 0.15) is 0 Å². The topological polar surface area (TPSA) is 32.3 Å². The van der Waals surface area contributed by atoms with Gasteiger partial charge in [-0.05, 0) is 6.20 Å². The first-order valence-electron chi connectivity index (χ1n) is 2.27. The van der Waals surface area contributed by atoms with Crippen LogP contribution in [-0.2, 0) is 0 Å². The SMILES string of the molecule is C=CNC(=O)N(C)C. The molecule has 0 aliphatic heterocycles. The molecule has 46 valence electrons. The normalized spacial score (nSPS) is 7.75. The highest BCUT2D eigenvalue weighted by atomic mass is 16.2. The predicted octanol–water partition coefficient (Wildman–Crippen LogP) is 0.401. The average Bonchev–Trinajstić information content (AvgIpc) is 1.67. The minimum atomic E-state index is -0.153. The maximum Gasteiger partial charge on any atom is 0.320 e. The minimum Gasteiger partial charge on any atom is -0.331 e. The number of hydrogen-bond acceptors (Lipinski definition) is 1. The van der Waals surface area contributed by atoms with E-state index in [1.165, 1.54) is 11.1 Å². The lowest BCUT2D eigenvalue weighted by atomic mass is 10.8.